The molecule has 0 aromatic carbocycles. The minimum atomic E-state index is -0.389. The molecule has 1 heterocycles. The molecule has 1 aliphatic heterocycles. The molecule has 19 heavy (non-hydrogen) atoms. The van der Waals surface area contributed by atoms with E-state index in [4.69, 9.17) is 4.74 Å². The quantitative estimate of drug-likeness (QED) is 0.828. The molecule has 0 radical (unpaired) electrons. The second-order valence-electron chi connectivity index (χ2n) is 4.45. The van der Waals surface area contributed by atoms with Crippen LogP contribution in [0, 0.1) is 10.4 Å². The molecule has 6 nitrogen and oxygen atoms in total. The Morgan fingerprint density at radius 2 is 2.05 bits per heavy atom. The normalized spacial score (nSPS) is 10.9. The summed E-state index contributed by atoms with van der Waals surface area (Å²) in [6, 6.07) is 6.55. The Balaban J connectivity index is 2.37. The predicted octanol–water partition coefficient (Wildman–Crippen LogP) is 0.828. The first-order valence-corrected chi connectivity index (χ1v) is 5.95. The van der Waals surface area contributed by atoms with E-state index in [-0.39, 0.29) is 10.3 Å². The number of nitrogens with one attached hydrogen (secondary N) is 1. The van der Waals surface area contributed by atoms with Crippen molar-refractivity contribution in [1.29, 1.82) is 0 Å². The van der Waals surface area contributed by atoms with Crippen LogP contribution < -0.4 is 15.0 Å². The molecule has 0 saturated heterocycles. The fraction of sp³-hybridized carbons (Fsp3) is 0.308. The molecular weight excluding hydrogens is 246 g/mol. The van der Waals surface area contributed by atoms with E-state index in [1.54, 1.807) is 24.4 Å². The van der Waals surface area contributed by atoms with Crippen molar-refractivity contribution >= 4 is 0 Å². The highest BCUT2D eigenvalue weighted by Gasteiger charge is 2.13. The number of benzene rings is 1. The van der Waals surface area contributed by atoms with E-state index in [1.807, 2.05) is 19.0 Å². The van der Waals surface area contributed by atoms with Gasteiger partial charge in [0.05, 0.1) is 11.3 Å². The molecule has 0 amide bonds. The third-order valence-electron chi connectivity index (χ3n) is 2.76. The maximum Gasteiger partial charge on any atom is 0.232 e. The van der Waals surface area contributed by atoms with Gasteiger partial charge in [-0.15, -0.1) is 0 Å². The predicted molar refractivity (Wildman–Crippen MR) is 73.5 cm³/mol. The molecule has 2 aliphatic rings. The molecule has 0 saturated carbocycles. The summed E-state index contributed by atoms with van der Waals surface area (Å²) in [4.78, 5) is 4.63. The van der Waals surface area contributed by atoms with Crippen LogP contribution in [0.1, 0.15) is 0 Å². The molecule has 0 bridgehead atoms. The van der Waals surface area contributed by atoms with Gasteiger partial charge in [0.15, 0.2) is 0 Å². The van der Waals surface area contributed by atoms with Crippen molar-refractivity contribution in [3.05, 3.63) is 46.2 Å². The average Bonchev–Trinajstić information content (AvgIpc) is 2.38. The number of hydrogen-bond acceptors (Lipinski definition) is 4. The molecule has 102 valence electrons. The molecule has 0 aromatic heterocycles. The van der Waals surface area contributed by atoms with Gasteiger partial charge in [0.2, 0.25) is 5.36 Å². The highest BCUT2D eigenvalue weighted by molar-refractivity contribution is 5.67. The first-order chi connectivity index (χ1) is 9.09. The number of nitrogens with zero attached hydrogens (tertiary/aromatic N) is 2. The SMILES string of the molecule is CN(C)CCOc1ccc(=[N+]([O-])[O-])c2ccc[nH]c1-2. The average molecular weight is 262 g/mol. The Kier molecular flexibility index (Phi) is 3.91. The number of pyridine rings is 1. The number of aromatic nitrogens is 1. The topological polar surface area (TPSA) is 77.4 Å². The van der Waals surface area contributed by atoms with Crippen molar-refractivity contribution in [3.8, 4) is 17.0 Å². The number of likely N-dealkylation sites (N-methyl/N-ethyl adjacent to an activating group) is 1. The van der Waals surface area contributed by atoms with Crippen molar-refractivity contribution in [3.63, 3.8) is 0 Å². The lowest BCUT2D eigenvalue weighted by Gasteiger charge is -2.15. The number of rotatable bonds is 4. The lowest BCUT2D eigenvalue weighted by molar-refractivity contribution is 0.261. The summed E-state index contributed by atoms with van der Waals surface area (Å²) in [6.07, 6.45) is 1.73. The maximum atomic E-state index is 11.0. The van der Waals surface area contributed by atoms with Crippen molar-refractivity contribution in [2.45, 2.75) is 0 Å². The van der Waals surface area contributed by atoms with Crippen molar-refractivity contribution in [2.75, 3.05) is 27.2 Å². The minimum absolute atomic E-state index is 0.0757. The zero-order valence-corrected chi connectivity index (χ0v) is 10.9. The van der Waals surface area contributed by atoms with E-state index in [9.17, 15) is 10.4 Å². The molecule has 0 atom stereocenters. The van der Waals surface area contributed by atoms with Gasteiger partial charge < -0.3 is 25.0 Å². The highest BCUT2D eigenvalue weighted by atomic mass is 16.8. The number of ether oxygens (including phenoxy) is 1. The third-order valence-corrected chi connectivity index (χ3v) is 2.76. The largest absolute Gasteiger partial charge is 0.612 e. The van der Waals surface area contributed by atoms with Crippen LogP contribution in [0.5, 0.6) is 5.75 Å². The Morgan fingerprint density at radius 3 is 2.74 bits per heavy atom. The van der Waals surface area contributed by atoms with Crippen molar-refractivity contribution < 1.29 is 4.74 Å². The number of fused-ring (bicyclic) bond motifs is 1. The zero-order chi connectivity index (χ0) is 13.8. The lowest BCUT2D eigenvalue weighted by atomic mass is 10.1. The van der Waals surface area contributed by atoms with E-state index in [0.29, 0.717) is 23.6 Å². The first kappa shape index (κ1) is 13.2. The summed E-state index contributed by atoms with van der Waals surface area (Å²) in [7, 11) is 3.92. The van der Waals surface area contributed by atoms with E-state index in [2.05, 4.69) is 4.98 Å². The van der Waals surface area contributed by atoms with Gasteiger partial charge in [-0.3, -0.25) is 0 Å². The highest BCUT2D eigenvalue weighted by Crippen LogP contribution is 2.25. The van der Waals surface area contributed by atoms with Gasteiger partial charge in [0.25, 0.3) is 0 Å². The van der Waals surface area contributed by atoms with E-state index < -0.39 is 0 Å². The van der Waals surface area contributed by atoms with Crippen LogP contribution in [0.15, 0.2) is 30.5 Å². The van der Waals surface area contributed by atoms with Crippen molar-refractivity contribution in [1.82, 2.24) is 14.8 Å². The molecule has 2 rings (SSSR count). The van der Waals surface area contributed by atoms with Gasteiger partial charge in [-0.2, -0.15) is 4.90 Å². The van der Waals surface area contributed by atoms with Crippen LogP contribution in [-0.4, -0.2) is 37.1 Å². The Hall–Kier alpha value is -2.21. The number of hydrogen-bond donors (Lipinski definition) is 1. The zero-order valence-electron chi connectivity index (χ0n) is 10.9. The molecular formula is C13H16N3O3-. The Labute approximate surface area is 111 Å². The fourth-order valence-corrected chi connectivity index (χ4v) is 1.80. The number of H-pyrrole nitrogens is 1. The van der Waals surface area contributed by atoms with Gasteiger partial charge in [0.1, 0.15) is 12.4 Å². The Bertz CT molecular complexity index is 588. The summed E-state index contributed by atoms with van der Waals surface area (Å²) >= 11 is 0. The van der Waals surface area contributed by atoms with Crippen LogP contribution in [0.25, 0.3) is 11.3 Å². The maximum absolute atomic E-state index is 11.0. The molecule has 0 fully saturated rings. The molecule has 6 heteroatoms. The summed E-state index contributed by atoms with van der Waals surface area (Å²) in [5.74, 6) is 0.628. The summed E-state index contributed by atoms with van der Waals surface area (Å²) < 4.78 is 5.67. The van der Waals surface area contributed by atoms with Crippen LogP contribution >= 0.6 is 0 Å². The minimum Gasteiger partial charge on any atom is -0.612 e. The molecule has 0 spiro atoms. The van der Waals surface area contributed by atoms with Gasteiger partial charge in [0, 0.05) is 18.8 Å². The Morgan fingerprint density at radius 1 is 1.26 bits per heavy atom. The van der Waals surface area contributed by atoms with Crippen molar-refractivity contribution in [2.24, 2.45) is 0 Å². The molecule has 1 N–H and O–H groups in total. The second kappa shape index (κ2) is 5.62. The summed E-state index contributed by atoms with van der Waals surface area (Å²) in [5.41, 5.74) is 1.20. The molecule has 1 aliphatic carbocycles. The molecule has 0 unspecified atom stereocenters. The smallest absolute Gasteiger partial charge is 0.232 e. The first-order valence-electron chi connectivity index (χ1n) is 5.95. The lowest BCUT2D eigenvalue weighted by Crippen LogP contribution is -2.23. The van der Waals surface area contributed by atoms with Gasteiger partial charge in [-0.05, 0) is 32.3 Å². The van der Waals surface area contributed by atoms with E-state index in [0.717, 1.165) is 6.54 Å². The monoisotopic (exact) mass is 262 g/mol. The second-order valence-corrected chi connectivity index (χ2v) is 4.45. The van der Waals surface area contributed by atoms with Gasteiger partial charge in [-0.1, -0.05) is 0 Å². The van der Waals surface area contributed by atoms with E-state index in [1.165, 1.54) is 6.07 Å². The third kappa shape index (κ3) is 2.97. The molecule has 0 aromatic rings. The van der Waals surface area contributed by atoms with Crippen LogP contribution in [0.4, 0.5) is 0 Å². The van der Waals surface area contributed by atoms with E-state index >= 15 is 0 Å². The van der Waals surface area contributed by atoms with Gasteiger partial charge in [-0.25, -0.2) is 0 Å². The van der Waals surface area contributed by atoms with Crippen LogP contribution in [0.3, 0.4) is 0 Å². The summed E-state index contributed by atoms with van der Waals surface area (Å²) in [5, 5.41) is 22.0. The number of aromatic amines is 1. The fourth-order valence-electron chi connectivity index (χ4n) is 1.80. The van der Waals surface area contributed by atoms with Crippen LogP contribution in [-0.2, 0) is 0 Å². The summed E-state index contributed by atoms with van der Waals surface area (Å²) in [6.45, 7) is 1.31. The van der Waals surface area contributed by atoms with Gasteiger partial charge >= 0.3 is 0 Å². The standard InChI is InChI=1S/C13H16N3O3/c1-15(2)8-9-19-12-6-5-11(16(17)18)10-4-3-7-14-13(10)12/h3-7,14H,8-9H2,1-2H3/q-1. The van der Waals surface area contributed by atoms with Crippen LogP contribution in [0.2, 0.25) is 0 Å².